The van der Waals surface area contributed by atoms with E-state index in [-0.39, 0.29) is 17.8 Å². The van der Waals surface area contributed by atoms with Gasteiger partial charge in [-0.2, -0.15) is 13.2 Å². The zero-order chi connectivity index (χ0) is 26.3. The molecule has 0 aliphatic carbocycles. The highest BCUT2D eigenvalue weighted by Gasteiger charge is 2.34. The van der Waals surface area contributed by atoms with Crippen molar-refractivity contribution in [2.24, 2.45) is 0 Å². The van der Waals surface area contributed by atoms with Gasteiger partial charge < -0.3 is 15.4 Å². The fourth-order valence-corrected chi connectivity index (χ4v) is 3.79. The number of hydrogen-bond acceptors (Lipinski definition) is 5. The van der Waals surface area contributed by atoms with E-state index in [1.807, 2.05) is 6.07 Å². The molecule has 2 N–H and O–H groups in total. The van der Waals surface area contributed by atoms with Gasteiger partial charge in [-0.1, -0.05) is 29.8 Å². The van der Waals surface area contributed by atoms with Crippen LogP contribution in [0.25, 0.3) is 0 Å². The SMILES string of the molecule is CC(=O)OC(C)c1ccc(Nc2cc(Cl)c(C(F)(F)F)cc2NC(=O)CCCc2cccnc2)cc1. The Labute approximate surface area is 211 Å². The number of halogens is 4. The summed E-state index contributed by atoms with van der Waals surface area (Å²) in [5, 5.41) is 5.08. The number of anilines is 3. The van der Waals surface area contributed by atoms with Crippen LogP contribution >= 0.6 is 11.6 Å². The zero-order valence-electron chi connectivity index (χ0n) is 19.7. The maximum atomic E-state index is 13.5. The molecule has 0 fully saturated rings. The van der Waals surface area contributed by atoms with Crippen molar-refractivity contribution in [3.8, 4) is 0 Å². The molecule has 0 bridgehead atoms. The summed E-state index contributed by atoms with van der Waals surface area (Å²) in [5.74, 6) is -0.840. The van der Waals surface area contributed by atoms with Gasteiger partial charge in [0.05, 0.1) is 22.0 Å². The van der Waals surface area contributed by atoms with E-state index in [0.717, 1.165) is 23.3 Å². The molecule has 0 saturated carbocycles. The van der Waals surface area contributed by atoms with Crippen LogP contribution in [0, 0.1) is 0 Å². The van der Waals surface area contributed by atoms with Crippen LogP contribution in [0.3, 0.4) is 0 Å². The topological polar surface area (TPSA) is 80.3 Å². The van der Waals surface area contributed by atoms with Gasteiger partial charge in [0.25, 0.3) is 0 Å². The van der Waals surface area contributed by atoms with Gasteiger partial charge in [-0.3, -0.25) is 14.6 Å². The second kappa shape index (κ2) is 11.9. The van der Waals surface area contributed by atoms with Gasteiger partial charge in [0, 0.05) is 31.4 Å². The first-order valence-electron chi connectivity index (χ1n) is 11.2. The Bertz CT molecular complexity index is 1200. The van der Waals surface area contributed by atoms with Crippen LogP contribution in [0.15, 0.2) is 60.9 Å². The van der Waals surface area contributed by atoms with E-state index in [1.165, 1.54) is 6.92 Å². The highest BCUT2D eigenvalue weighted by molar-refractivity contribution is 6.32. The standard InChI is InChI=1S/C26H25ClF3N3O3/c1-16(36-17(2)34)19-8-10-20(11-9-19)32-24-14-22(27)21(26(28,29)30)13-23(24)33-25(35)7-3-5-18-6-4-12-31-15-18/h4,6,8-16,32H,3,5,7H2,1-2H3,(H,33,35). The third-order valence-electron chi connectivity index (χ3n) is 5.28. The summed E-state index contributed by atoms with van der Waals surface area (Å²) in [6.07, 6.45) is -0.574. The lowest BCUT2D eigenvalue weighted by molar-refractivity contribution is -0.145. The minimum atomic E-state index is -4.69. The molecule has 3 aromatic rings. The van der Waals surface area contributed by atoms with E-state index in [1.54, 1.807) is 49.6 Å². The number of amides is 1. The van der Waals surface area contributed by atoms with Crippen molar-refractivity contribution in [2.75, 3.05) is 10.6 Å². The summed E-state index contributed by atoms with van der Waals surface area (Å²) in [6.45, 7) is 3.04. The fraction of sp³-hybridized carbons (Fsp3) is 0.269. The minimum absolute atomic E-state index is 0.0459. The Hall–Kier alpha value is -3.59. The van der Waals surface area contributed by atoms with Crippen molar-refractivity contribution >= 4 is 40.5 Å². The van der Waals surface area contributed by atoms with Crippen molar-refractivity contribution in [1.29, 1.82) is 0 Å². The summed E-state index contributed by atoms with van der Waals surface area (Å²) in [6, 6.07) is 12.4. The molecule has 3 rings (SSSR count). The zero-order valence-corrected chi connectivity index (χ0v) is 20.4. The predicted molar refractivity (Wildman–Crippen MR) is 132 cm³/mol. The maximum absolute atomic E-state index is 13.5. The lowest BCUT2D eigenvalue weighted by atomic mass is 10.1. The largest absolute Gasteiger partial charge is 0.458 e. The number of carbonyl (C=O) groups excluding carboxylic acids is 2. The van der Waals surface area contributed by atoms with E-state index in [0.29, 0.717) is 18.5 Å². The molecule has 1 heterocycles. The monoisotopic (exact) mass is 519 g/mol. The number of hydrogen-bond donors (Lipinski definition) is 2. The molecule has 2 aromatic carbocycles. The summed E-state index contributed by atoms with van der Waals surface area (Å²) in [7, 11) is 0. The quantitative estimate of drug-likeness (QED) is 0.295. The lowest BCUT2D eigenvalue weighted by Crippen LogP contribution is -2.15. The smallest absolute Gasteiger partial charge is 0.417 e. The van der Waals surface area contributed by atoms with Crippen LogP contribution in [0.4, 0.5) is 30.2 Å². The Morgan fingerprint density at radius 3 is 2.44 bits per heavy atom. The lowest BCUT2D eigenvalue weighted by Gasteiger charge is -2.18. The number of aromatic nitrogens is 1. The third-order valence-corrected chi connectivity index (χ3v) is 5.59. The van der Waals surface area contributed by atoms with Gasteiger partial charge in [0.1, 0.15) is 6.10 Å². The van der Waals surface area contributed by atoms with Crippen LogP contribution in [-0.4, -0.2) is 16.9 Å². The van der Waals surface area contributed by atoms with E-state index in [4.69, 9.17) is 16.3 Å². The van der Waals surface area contributed by atoms with Crippen molar-refractivity contribution in [3.05, 3.63) is 82.6 Å². The molecule has 0 aliphatic rings. The van der Waals surface area contributed by atoms with Gasteiger partial charge in [-0.15, -0.1) is 0 Å². The summed E-state index contributed by atoms with van der Waals surface area (Å²) in [5.41, 5.74) is 1.35. The molecule has 1 unspecified atom stereocenters. The first-order chi connectivity index (χ1) is 17.0. The third kappa shape index (κ3) is 7.71. The molecule has 1 atom stereocenters. The van der Waals surface area contributed by atoms with Gasteiger partial charge >= 0.3 is 12.1 Å². The molecular formula is C26H25ClF3N3O3. The molecule has 190 valence electrons. The van der Waals surface area contributed by atoms with Crippen LogP contribution in [0.1, 0.15) is 49.5 Å². The Kier molecular flexibility index (Phi) is 8.93. The number of esters is 1. The summed E-state index contributed by atoms with van der Waals surface area (Å²) >= 11 is 5.93. The second-order valence-corrected chi connectivity index (χ2v) is 8.54. The highest BCUT2D eigenvalue weighted by Crippen LogP contribution is 2.40. The number of nitrogens with one attached hydrogen (secondary N) is 2. The van der Waals surface area contributed by atoms with E-state index in [9.17, 15) is 22.8 Å². The average molecular weight is 520 g/mol. The molecule has 0 spiro atoms. The molecule has 0 aliphatic heterocycles. The number of nitrogens with zero attached hydrogens (tertiary/aromatic N) is 1. The van der Waals surface area contributed by atoms with Crippen LogP contribution in [0.5, 0.6) is 0 Å². The minimum Gasteiger partial charge on any atom is -0.458 e. The van der Waals surface area contributed by atoms with Gasteiger partial charge in [0.15, 0.2) is 0 Å². The summed E-state index contributed by atoms with van der Waals surface area (Å²) < 4.78 is 45.5. The maximum Gasteiger partial charge on any atom is 0.417 e. The first kappa shape index (κ1) is 27.0. The number of ether oxygens (including phenoxy) is 1. The predicted octanol–water partition coefficient (Wildman–Crippen LogP) is 7.08. The number of aryl methyl sites for hydroxylation is 1. The number of carbonyl (C=O) groups is 2. The van der Waals surface area contributed by atoms with Gasteiger partial charge in [-0.25, -0.2) is 0 Å². The molecule has 36 heavy (non-hydrogen) atoms. The normalized spacial score (nSPS) is 12.1. The second-order valence-electron chi connectivity index (χ2n) is 8.14. The molecule has 10 heteroatoms. The van der Waals surface area contributed by atoms with Crippen LogP contribution in [0.2, 0.25) is 5.02 Å². The van der Waals surface area contributed by atoms with Crippen LogP contribution in [-0.2, 0) is 26.9 Å². The molecule has 6 nitrogen and oxygen atoms in total. The van der Waals surface area contributed by atoms with E-state index in [2.05, 4.69) is 15.6 Å². The molecule has 0 saturated heterocycles. The van der Waals surface area contributed by atoms with Crippen molar-refractivity contribution < 1.29 is 27.5 Å². The Morgan fingerprint density at radius 2 is 1.83 bits per heavy atom. The Balaban J connectivity index is 1.77. The number of pyridine rings is 1. The number of rotatable bonds is 9. The van der Waals surface area contributed by atoms with Crippen molar-refractivity contribution in [1.82, 2.24) is 4.98 Å². The highest BCUT2D eigenvalue weighted by atomic mass is 35.5. The average Bonchev–Trinajstić information content (AvgIpc) is 2.80. The number of benzene rings is 2. The Morgan fingerprint density at radius 1 is 1.11 bits per heavy atom. The van der Waals surface area contributed by atoms with E-state index < -0.39 is 34.7 Å². The molecule has 0 radical (unpaired) electrons. The molecular weight excluding hydrogens is 495 g/mol. The number of alkyl halides is 3. The first-order valence-corrected chi connectivity index (χ1v) is 11.5. The van der Waals surface area contributed by atoms with Gasteiger partial charge in [-0.05, 0) is 61.2 Å². The van der Waals surface area contributed by atoms with Crippen LogP contribution < -0.4 is 10.6 Å². The van der Waals surface area contributed by atoms with E-state index >= 15 is 0 Å². The fourth-order valence-electron chi connectivity index (χ4n) is 3.52. The molecule has 1 aromatic heterocycles. The van der Waals surface area contributed by atoms with Gasteiger partial charge in [0.2, 0.25) is 5.91 Å². The van der Waals surface area contributed by atoms with Crippen molar-refractivity contribution in [2.45, 2.75) is 45.4 Å². The molecule has 1 amide bonds. The summed E-state index contributed by atoms with van der Waals surface area (Å²) in [4.78, 5) is 27.7. The van der Waals surface area contributed by atoms with Crippen molar-refractivity contribution in [3.63, 3.8) is 0 Å².